The molecule has 0 atom stereocenters. The topological polar surface area (TPSA) is 60.7 Å². The third-order valence-electron chi connectivity index (χ3n) is 2.92. The van der Waals surface area contributed by atoms with Crippen molar-refractivity contribution in [3.63, 3.8) is 0 Å². The quantitative estimate of drug-likeness (QED) is 0.653. The molecule has 0 saturated heterocycles. The van der Waals surface area contributed by atoms with Gasteiger partial charge < -0.3 is 4.42 Å². The minimum Gasteiger partial charge on any atom is -0.456 e. The molecule has 0 aliphatic rings. The van der Waals surface area contributed by atoms with E-state index in [1.807, 2.05) is 18.2 Å². The maximum atomic E-state index is 8.90. The molecule has 0 saturated carbocycles. The lowest BCUT2D eigenvalue weighted by molar-refractivity contribution is 0.631. The van der Waals surface area contributed by atoms with Gasteiger partial charge in [-0.2, -0.15) is 10.5 Å². The van der Waals surface area contributed by atoms with Gasteiger partial charge in [0.05, 0.1) is 23.3 Å². The number of nitrogens with zero attached hydrogens (tertiary/aromatic N) is 2. The number of furan rings is 1. The number of fused-ring (bicyclic) bond motifs is 1. The molecule has 88 valence electrons. The summed E-state index contributed by atoms with van der Waals surface area (Å²) >= 11 is 0. The monoisotopic (exact) mass is 244 g/mol. The Hall–Kier alpha value is -3.04. The van der Waals surface area contributed by atoms with E-state index < -0.39 is 0 Å². The highest BCUT2D eigenvalue weighted by molar-refractivity contribution is 5.84. The fraction of sp³-hybridized carbons (Fsp3) is 0. The molecule has 2 aromatic carbocycles. The maximum absolute atomic E-state index is 8.90. The molecule has 0 radical (unpaired) electrons. The first kappa shape index (κ1) is 11.1. The molecule has 19 heavy (non-hydrogen) atoms. The van der Waals surface area contributed by atoms with E-state index in [1.165, 1.54) is 0 Å². The van der Waals surface area contributed by atoms with Crippen molar-refractivity contribution in [1.29, 1.82) is 10.5 Å². The van der Waals surface area contributed by atoms with Crippen LogP contribution >= 0.6 is 0 Å². The van der Waals surface area contributed by atoms with Crippen LogP contribution in [-0.2, 0) is 0 Å². The Kier molecular flexibility index (Phi) is 2.52. The summed E-state index contributed by atoms with van der Waals surface area (Å²) in [6.45, 7) is 0. The Labute approximate surface area is 109 Å². The Morgan fingerprint density at radius 1 is 0.842 bits per heavy atom. The second-order valence-corrected chi connectivity index (χ2v) is 4.17. The molecule has 0 aliphatic carbocycles. The first-order chi connectivity index (χ1) is 9.30. The van der Waals surface area contributed by atoms with E-state index in [9.17, 15) is 0 Å². The lowest BCUT2D eigenvalue weighted by Gasteiger charge is -1.96. The van der Waals surface area contributed by atoms with Gasteiger partial charge in [-0.1, -0.05) is 12.1 Å². The van der Waals surface area contributed by atoms with Gasteiger partial charge in [-0.25, -0.2) is 0 Å². The molecule has 0 bridgehead atoms. The van der Waals surface area contributed by atoms with Crippen molar-refractivity contribution in [2.24, 2.45) is 0 Å². The van der Waals surface area contributed by atoms with Crippen LogP contribution < -0.4 is 0 Å². The summed E-state index contributed by atoms with van der Waals surface area (Å²) in [5.41, 5.74) is 2.78. The highest BCUT2D eigenvalue weighted by atomic mass is 16.3. The highest BCUT2D eigenvalue weighted by Gasteiger charge is 2.07. The summed E-state index contributed by atoms with van der Waals surface area (Å²) in [5.74, 6) is 0.696. The zero-order valence-electron chi connectivity index (χ0n) is 9.92. The second kappa shape index (κ2) is 4.33. The van der Waals surface area contributed by atoms with Gasteiger partial charge in [0.25, 0.3) is 0 Å². The summed E-state index contributed by atoms with van der Waals surface area (Å²) in [6.07, 6.45) is 0. The van der Waals surface area contributed by atoms with E-state index in [0.717, 1.165) is 16.5 Å². The van der Waals surface area contributed by atoms with Crippen molar-refractivity contribution in [2.75, 3.05) is 0 Å². The van der Waals surface area contributed by atoms with Crippen LogP contribution in [0.25, 0.3) is 22.3 Å². The minimum absolute atomic E-state index is 0.593. The van der Waals surface area contributed by atoms with E-state index in [2.05, 4.69) is 12.1 Å². The van der Waals surface area contributed by atoms with Gasteiger partial charge in [-0.3, -0.25) is 0 Å². The number of hydrogen-bond donors (Lipinski definition) is 0. The number of hydrogen-bond acceptors (Lipinski definition) is 3. The molecule has 1 heterocycles. The molecule has 1 aromatic heterocycles. The fourth-order valence-corrected chi connectivity index (χ4v) is 2.00. The first-order valence-corrected chi connectivity index (χ1v) is 5.74. The Balaban J connectivity index is 2.15. The van der Waals surface area contributed by atoms with E-state index in [1.54, 1.807) is 30.3 Å². The predicted molar refractivity (Wildman–Crippen MR) is 71.1 cm³/mol. The molecule has 0 spiro atoms. The van der Waals surface area contributed by atoms with Crippen LogP contribution in [0.2, 0.25) is 0 Å². The Morgan fingerprint density at radius 3 is 2.42 bits per heavy atom. The standard InChI is InChI=1S/C16H8N2O/c17-9-11-2-1-3-13(6-11)16-8-14-7-12(10-18)4-5-15(14)19-16/h1-8H. The number of rotatable bonds is 1. The molecule has 3 nitrogen and oxygen atoms in total. The van der Waals surface area contributed by atoms with Crippen molar-refractivity contribution in [3.8, 4) is 23.5 Å². The van der Waals surface area contributed by atoms with E-state index in [4.69, 9.17) is 14.9 Å². The molecule has 0 N–H and O–H groups in total. The van der Waals surface area contributed by atoms with Gasteiger partial charge in [0.1, 0.15) is 11.3 Å². The van der Waals surface area contributed by atoms with Crippen LogP contribution in [0.15, 0.2) is 52.9 Å². The van der Waals surface area contributed by atoms with Crippen molar-refractivity contribution in [1.82, 2.24) is 0 Å². The normalized spacial score (nSPS) is 10.0. The molecular formula is C16H8N2O. The molecule has 3 rings (SSSR count). The van der Waals surface area contributed by atoms with Gasteiger partial charge in [-0.05, 0) is 36.4 Å². The van der Waals surface area contributed by atoms with E-state index >= 15 is 0 Å². The first-order valence-electron chi connectivity index (χ1n) is 5.74. The summed E-state index contributed by atoms with van der Waals surface area (Å²) in [7, 11) is 0. The van der Waals surface area contributed by atoms with Gasteiger partial charge in [0, 0.05) is 10.9 Å². The molecule has 0 aliphatic heterocycles. The lowest BCUT2D eigenvalue weighted by atomic mass is 10.1. The van der Waals surface area contributed by atoms with Gasteiger partial charge in [0.2, 0.25) is 0 Å². The molecule has 0 fully saturated rings. The molecule has 3 heteroatoms. The third-order valence-corrected chi connectivity index (χ3v) is 2.92. The molecule has 3 aromatic rings. The second-order valence-electron chi connectivity index (χ2n) is 4.17. The third kappa shape index (κ3) is 1.94. The maximum Gasteiger partial charge on any atom is 0.135 e. The molecule has 0 unspecified atom stereocenters. The zero-order chi connectivity index (χ0) is 13.2. The predicted octanol–water partition coefficient (Wildman–Crippen LogP) is 3.84. The Bertz CT molecular complexity index is 847. The van der Waals surface area contributed by atoms with Crippen LogP contribution in [0.5, 0.6) is 0 Å². The van der Waals surface area contributed by atoms with E-state index in [-0.39, 0.29) is 0 Å². The van der Waals surface area contributed by atoms with Crippen LogP contribution in [0.1, 0.15) is 11.1 Å². The summed E-state index contributed by atoms with van der Waals surface area (Å²) in [5, 5.41) is 18.7. The van der Waals surface area contributed by atoms with Crippen molar-refractivity contribution in [3.05, 3.63) is 59.7 Å². The minimum atomic E-state index is 0.593. The van der Waals surface area contributed by atoms with Crippen molar-refractivity contribution in [2.45, 2.75) is 0 Å². The highest BCUT2D eigenvalue weighted by Crippen LogP contribution is 2.28. The summed E-state index contributed by atoms with van der Waals surface area (Å²) in [4.78, 5) is 0. The fourth-order valence-electron chi connectivity index (χ4n) is 2.00. The van der Waals surface area contributed by atoms with Crippen LogP contribution in [0.3, 0.4) is 0 Å². The zero-order valence-corrected chi connectivity index (χ0v) is 9.92. The van der Waals surface area contributed by atoms with Gasteiger partial charge in [-0.15, -0.1) is 0 Å². The average Bonchev–Trinajstić information content (AvgIpc) is 2.90. The number of benzene rings is 2. The average molecular weight is 244 g/mol. The van der Waals surface area contributed by atoms with Crippen LogP contribution in [-0.4, -0.2) is 0 Å². The lowest BCUT2D eigenvalue weighted by Crippen LogP contribution is -1.76. The van der Waals surface area contributed by atoms with Crippen molar-refractivity contribution < 1.29 is 4.42 Å². The van der Waals surface area contributed by atoms with Gasteiger partial charge in [0.15, 0.2) is 0 Å². The smallest absolute Gasteiger partial charge is 0.135 e. The Morgan fingerprint density at radius 2 is 1.63 bits per heavy atom. The molecular weight excluding hydrogens is 236 g/mol. The van der Waals surface area contributed by atoms with Gasteiger partial charge >= 0.3 is 0 Å². The number of nitriles is 2. The van der Waals surface area contributed by atoms with Crippen LogP contribution in [0.4, 0.5) is 0 Å². The van der Waals surface area contributed by atoms with E-state index in [0.29, 0.717) is 16.9 Å². The molecule has 0 amide bonds. The van der Waals surface area contributed by atoms with Crippen LogP contribution in [0, 0.1) is 22.7 Å². The summed E-state index contributed by atoms with van der Waals surface area (Å²) in [6, 6.07) is 18.6. The summed E-state index contributed by atoms with van der Waals surface area (Å²) < 4.78 is 5.73. The van der Waals surface area contributed by atoms with Crippen molar-refractivity contribution >= 4 is 11.0 Å². The largest absolute Gasteiger partial charge is 0.456 e. The SMILES string of the molecule is N#Cc1cccc(-c2cc3cc(C#N)ccc3o2)c1.